The molecule has 0 aliphatic carbocycles. The number of rotatable bonds is 4. The molecule has 2 aliphatic rings. The molecule has 0 unspecified atom stereocenters. The second kappa shape index (κ2) is 7.33. The first-order valence-electron chi connectivity index (χ1n) is 6.89. The number of amides is 3. The van der Waals surface area contributed by atoms with Crippen molar-refractivity contribution in [3.8, 4) is 0 Å². The summed E-state index contributed by atoms with van der Waals surface area (Å²) in [5.74, 6) is 0.292. The number of thioether (sulfide) groups is 2. The van der Waals surface area contributed by atoms with Crippen LogP contribution in [-0.4, -0.2) is 46.0 Å². The Morgan fingerprint density at radius 1 is 1.43 bits per heavy atom. The molecule has 9 heteroatoms. The van der Waals surface area contributed by atoms with Crippen molar-refractivity contribution in [2.45, 2.75) is 6.42 Å². The van der Waals surface area contributed by atoms with Crippen molar-refractivity contribution in [1.82, 2.24) is 10.2 Å². The van der Waals surface area contributed by atoms with Crippen LogP contribution in [-0.2, 0) is 9.59 Å². The fourth-order valence-electron chi connectivity index (χ4n) is 2.00. The van der Waals surface area contributed by atoms with Gasteiger partial charge in [-0.15, -0.1) is 11.3 Å². The van der Waals surface area contributed by atoms with E-state index in [1.165, 1.54) is 23.1 Å². The van der Waals surface area contributed by atoms with Crippen molar-refractivity contribution in [1.29, 1.82) is 0 Å². The molecule has 3 amide bonds. The van der Waals surface area contributed by atoms with E-state index in [2.05, 4.69) is 10.3 Å². The number of aliphatic imine (C=N–C) groups is 1. The van der Waals surface area contributed by atoms with Gasteiger partial charge in [0.15, 0.2) is 5.17 Å². The van der Waals surface area contributed by atoms with Gasteiger partial charge in [0.1, 0.15) is 0 Å². The first-order chi connectivity index (χ1) is 11.1. The molecule has 120 valence electrons. The predicted octanol–water partition coefficient (Wildman–Crippen LogP) is 2.39. The number of nitrogens with zero attached hydrogens (tertiary/aromatic N) is 2. The number of carbonyl (C=O) groups is 3. The Labute approximate surface area is 145 Å². The molecule has 1 saturated heterocycles. The zero-order valence-electron chi connectivity index (χ0n) is 12.0. The number of thiophene rings is 1. The lowest BCUT2D eigenvalue weighted by Gasteiger charge is -2.11. The Kier molecular flexibility index (Phi) is 5.19. The third-order valence-electron chi connectivity index (χ3n) is 3.08. The number of hydrogen-bond acceptors (Lipinski definition) is 7. The summed E-state index contributed by atoms with van der Waals surface area (Å²) in [6, 6.07) is 3.76. The maximum absolute atomic E-state index is 12.3. The minimum absolute atomic E-state index is 0.0733. The van der Waals surface area contributed by atoms with Crippen LogP contribution in [0.25, 0.3) is 6.08 Å². The van der Waals surface area contributed by atoms with Gasteiger partial charge in [-0.2, -0.15) is 0 Å². The molecule has 23 heavy (non-hydrogen) atoms. The highest BCUT2D eigenvalue weighted by Crippen LogP contribution is 2.32. The Morgan fingerprint density at radius 2 is 2.30 bits per heavy atom. The van der Waals surface area contributed by atoms with Gasteiger partial charge in [0.25, 0.3) is 11.1 Å². The smallest absolute Gasteiger partial charge is 0.293 e. The van der Waals surface area contributed by atoms with Crippen LogP contribution < -0.4 is 5.32 Å². The maximum atomic E-state index is 12.3. The predicted molar refractivity (Wildman–Crippen MR) is 94.5 cm³/mol. The molecule has 1 aromatic rings. The van der Waals surface area contributed by atoms with E-state index in [9.17, 15) is 14.4 Å². The molecule has 0 spiro atoms. The molecule has 0 atom stereocenters. The summed E-state index contributed by atoms with van der Waals surface area (Å²) < 4.78 is 0. The quantitative estimate of drug-likeness (QED) is 0.827. The molecule has 1 N–H and O–H groups in total. The number of hydrogen-bond donors (Lipinski definition) is 1. The van der Waals surface area contributed by atoms with Crippen molar-refractivity contribution in [2.75, 3.05) is 18.8 Å². The van der Waals surface area contributed by atoms with Gasteiger partial charge in [-0.05, 0) is 29.3 Å². The Balaban J connectivity index is 1.56. The molecule has 1 fully saturated rings. The standard InChI is InChI=1S/C14H13N3O3S3/c18-11(16-13-15-4-7-22-13)3-5-17-12(19)10(23-14(17)20)8-9-2-1-6-21-9/h1-2,6,8H,3-5,7H2,(H,15,16,18)/b10-8+. The second-order valence-corrected chi connectivity index (χ2v) is 7.74. The number of carbonyl (C=O) groups excluding carboxylic acids is 3. The van der Waals surface area contributed by atoms with Gasteiger partial charge in [-0.3, -0.25) is 24.3 Å². The Bertz CT molecular complexity index is 697. The van der Waals surface area contributed by atoms with Gasteiger partial charge in [-0.1, -0.05) is 17.8 Å². The molecule has 0 bridgehead atoms. The van der Waals surface area contributed by atoms with Crippen LogP contribution in [0, 0.1) is 0 Å². The first-order valence-corrected chi connectivity index (χ1v) is 9.57. The summed E-state index contributed by atoms with van der Waals surface area (Å²) in [6.45, 7) is 0.785. The van der Waals surface area contributed by atoms with E-state index >= 15 is 0 Å². The maximum Gasteiger partial charge on any atom is 0.293 e. The van der Waals surface area contributed by atoms with Crippen molar-refractivity contribution >= 4 is 63.2 Å². The van der Waals surface area contributed by atoms with Crippen molar-refractivity contribution in [3.63, 3.8) is 0 Å². The molecular weight excluding hydrogens is 354 g/mol. The van der Waals surface area contributed by atoms with E-state index in [4.69, 9.17) is 0 Å². The van der Waals surface area contributed by atoms with Crippen LogP contribution in [0.15, 0.2) is 27.4 Å². The normalized spacial score (nSPS) is 19.6. The summed E-state index contributed by atoms with van der Waals surface area (Å²) in [5.41, 5.74) is 0. The van der Waals surface area contributed by atoms with Gasteiger partial charge in [0, 0.05) is 23.6 Å². The fourth-order valence-corrected chi connectivity index (χ4v) is 4.33. The van der Waals surface area contributed by atoms with Gasteiger partial charge in [0.2, 0.25) is 5.91 Å². The van der Waals surface area contributed by atoms with Crippen LogP contribution in [0.5, 0.6) is 0 Å². The van der Waals surface area contributed by atoms with Crippen LogP contribution in [0.1, 0.15) is 11.3 Å². The zero-order chi connectivity index (χ0) is 16.2. The lowest BCUT2D eigenvalue weighted by atomic mass is 10.3. The second-order valence-electron chi connectivity index (χ2n) is 4.68. The first kappa shape index (κ1) is 16.3. The van der Waals surface area contributed by atoms with Gasteiger partial charge >= 0.3 is 0 Å². The highest BCUT2D eigenvalue weighted by molar-refractivity contribution is 8.18. The lowest BCUT2D eigenvalue weighted by Crippen LogP contribution is -2.34. The zero-order valence-corrected chi connectivity index (χ0v) is 14.4. The number of amidine groups is 1. The molecule has 3 rings (SSSR count). The van der Waals surface area contributed by atoms with Crippen molar-refractivity contribution < 1.29 is 14.4 Å². The van der Waals surface area contributed by atoms with Gasteiger partial charge < -0.3 is 5.32 Å². The largest absolute Gasteiger partial charge is 0.305 e. The molecule has 0 aromatic carbocycles. The highest BCUT2D eigenvalue weighted by atomic mass is 32.2. The fraction of sp³-hybridized carbons (Fsp3) is 0.286. The van der Waals surface area contributed by atoms with Crippen LogP contribution in [0.4, 0.5) is 4.79 Å². The monoisotopic (exact) mass is 367 g/mol. The Hall–Kier alpha value is -1.58. The summed E-state index contributed by atoms with van der Waals surface area (Å²) in [7, 11) is 0. The number of nitrogens with one attached hydrogen (secondary N) is 1. The van der Waals surface area contributed by atoms with E-state index in [1.54, 1.807) is 6.08 Å². The molecule has 6 nitrogen and oxygen atoms in total. The summed E-state index contributed by atoms with van der Waals surface area (Å²) >= 11 is 3.90. The third-order valence-corrected chi connectivity index (χ3v) is 5.70. The topological polar surface area (TPSA) is 78.8 Å². The minimum atomic E-state index is -0.339. The average molecular weight is 367 g/mol. The highest BCUT2D eigenvalue weighted by Gasteiger charge is 2.35. The van der Waals surface area contributed by atoms with Gasteiger partial charge in [0.05, 0.1) is 11.4 Å². The SMILES string of the molecule is O=C(CCN1C(=O)S/C(=C/c2cccs2)C1=O)NC1=NCCS1. The summed E-state index contributed by atoms with van der Waals surface area (Å²) in [5, 5.41) is 4.87. The molecular formula is C14H13N3O3S3. The van der Waals surface area contributed by atoms with E-state index in [1.807, 2.05) is 17.5 Å². The average Bonchev–Trinajstić information content (AvgIpc) is 3.23. The summed E-state index contributed by atoms with van der Waals surface area (Å²) in [6.07, 6.45) is 1.78. The van der Waals surface area contributed by atoms with Gasteiger partial charge in [-0.25, -0.2) is 0 Å². The van der Waals surface area contributed by atoms with E-state index in [0.29, 0.717) is 16.6 Å². The van der Waals surface area contributed by atoms with Crippen LogP contribution in [0.2, 0.25) is 0 Å². The lowest BCUT2D eigenvalue weighted by molar-refractivity contribution is -0.123. The molecule has 0 saturated carbocycles. The van der Waals surface area contributed by atoms with Crippen LogP contribution in [0.3, 0.4) is 0 Å². The summed E-state index contributed by atoms with van der Waals surface area (Å²) in [4.78, 5) is 42.6. The van der Waals surface area contributed by atoms with Crippen molar-refractivity contribution in [3.05, 3.63) is 27.3 Å². The molecule has 1 aromatic heterocycles. The molecule has 2 aliphatic heterocycles. The third kappa shape index (κ3) is 4.04. The molecule has 0 radical (unpaired) electrons. The van der Waals surface area contributed by atoms with E-state index in [0.717, 1.165) is 27.3 Å². The number of imide groups is 1. The molecule has 3 heterocycles. The Morgan fingerprint density at radius 3 is 3.00 bits per heavy atom. The van der Waals surface area contributed by atoms with E-state index < -0.39 is 0 Å². The van der Waals surface area contributed by atoms with E-state index in [-0.39, 0.29) is 30.0 Å². The van der Waals surface area contributed by atoms with Crippen LogP contribution >= 0.6 is 34.9 Å². The van der Waals surface area contributed by atoms with Crippen molar-refractivity contribution in [2.24, 2.45) is 4.99 Å². The minimum Gasteiger partial charge on any atom is -0.305 e.